The number of anilines is 2. The van der Waals surface area contributed by atoms with Crippen LogP contribution in [-0.2, 0) is 5.41 Å². The maximum Gasteiger partial charge on any atom is 0.0454 e. The van der Waals surface area contributed by atoms with Gasteiger partial charge in [0.25, 0.3) is 0 Å². The normalized spacial score (nSPS) is 14.6. The standard InChI is InChI=1S/C28H33N/c1-19(2)22-17-23-21-15-11-12-16-24(21)28(6,7)25(23)18-26(22)29(27(3,4)5)20-13-9-8-10-14-20/h8-19H,1-7H3. The van der Waals surface area contributed by atoms with E-state index in [2.05, 4.69) is 120 Å². The molecule has 0 fully saturated rings. The molecule has 0 heterocycles. The minimum atomic E-state index is -0.0329. The summed E-state index contributed by atoms with van der Waals surface area (Å²) in [7, 11) is 0. The van der Waals surface area contributed by atoms with Gasteiger partial charge in [-0.25, -0.2) is 0 Å². The zero-order valence-electron chi connectivity index (χ0n) is 18.9. The number of nitrogens with zero attached hydrogens (tertiary/aromatic N) is 1. The Morgan fingerprint density at radius 2 is 1.38 bits per heavy atom. The van der Waals surface area contributed by atoms with E-state index in [0.717, 1.165) is 0 Å². The highest BCUT2D eigenvalue weighted by atomic mass is 15.2. The second-order valence-electron chi connectivity index (χ2n) is 10.1. The molecule has 0 amide bonds. The van der Waals surface area contributed by atoms with E-state index < -0.39 is 0 Å². The minimum Gasteiger partial charge on any atom is -0.336 e. The van der Waals surface area contributed by atoms with Crippen LogP contribution in [0.2, 0.25) is 0 Å². The average Bonchev–Trinajstić information content (AvgIpc) is 2.88. The highest BCUT2D eigenvalue weighted by Gasteiger charge is 2.37. The topological polar surface area (TPSA) is 3.24 Å². The second kappa shape index (κ2) is 6.76. The molecule has 3 aromatic rings. The van der Waals surface area contributed by atoms with Crippen molar-refractivity contribution in [2.75, 3.05) is 4.90 Å². The first-order chi connectivity index (χ1) is 13.6. The van der Waals surface area contributed by atoms with Crippen LogP contribution in [0.25, 0.3) is 11.1 Å². The third kappa shape index (κ3) is 3.17. The van der Waals surface area contributed by atoms with Crippen LogP contribution in [0.4, 0.5) is 11.4 Å². The van der Waals surface area contributed by atoms with Crippen LogP contribution in [0.3, 0.4) is 0 Å². The molecule has 0 radical (unpaired) electrons. The molecular formula is C28H33N. The Hall–Kier alpha value is -2.54. The number of rotatable bonds is 3. The maximum absolute atomic E-state index is 2.52. The second-order valence-corrected chi connectivity index (χ2v) is 10.1. The van der Waals surface area contributed by atoms with Crippen LogP contribution < -0.4 is 4.90 Å². The van der Waals surface area contributed by atoms with E-state index in [1.54, 1.807) is 0 Å². The van der Waals surface area contributed by atoms with E-state index in [1.165, 1.54) is 39.2 Å². The van der Waals surface area contributed by atoms with Crippen LogP contribution in [0.15, 0.2) is 66.7 Å². The maximum atomic E-state index is 2.52. The predicted octanol–water partition coefficient (Wildman–Crippen LogP) is 8.05. The van der Waals surface area contributed by atoms with Gasteiger partial charge in [0.15, 0.2) is 0 Å². The molecular weight excluding hydrogens is 350 g/mol. The Morgan fingerprint density at radius 3 is 2.00 bits per heavy atom. The highest BCUT2D eigenvalue weighted by molar-refractivity contribution is 5.85. The van der Waals surface area contributed by atoms with E-state index in [-0.39, 0.29) is 11.0 Å². The van der Waals surface area contributed by atoms with Gasteiger partial charge in [0.2, 0.25) is 0 Å². The fourth-order valence-electron chi connectivity index (χ4n) is 4.87. The van der Waals surface area contributed by atoms with Gasteiger partial charge >= 0.3 is 0 Å². The lowest BCUT2D eigenvalue weighted by Gasteiger charge is -2.40. The molecule has 0 aliphatic heterocycles. The molecule has 1 nitrogen and oxygen atoms in total. The lowest BCUT2D eigenvalue weighted by atomic mass is 9.81. The smallest absolute Gasteiger partial charge is 0.0454 e. The molecule has 0 saturated carbocycles. The number of hydrogen-bond donors (Lipinski definition) is 0. The van der Waals surface area contributed by atoms with Gasteiger partial charge in [-0.3, -0.25) is 0 Å². The summed E-state index contributed by atoms with van der Waals surface area (Å²) in [5, 5.41) is 0. The molecule has 0 atom stereocenters. The van der Waals surface area contributed by atoms with Crippen LogP contribution in [0.1, 0.15) is 71.1 Å². The Kier molecular flexibility index (Phi) is 4.61. The average molecular weight is 384 g/mol. The molecule has 0 spiro atoms. The Morgan fingerprint density at radius 1 is 0.759 bits per heavy atom. The van der Waals surface area contributed by atoms with E-state index in [9.17, 15) is 0 Å². The van der Waals surface area contributed by atoms with Crippen molar-refractivity contribution in [1.29, 1.82) is 0 Å². The van der Waals surface area contributed by atoms with Crippen LogP contribution in [0.5, 0.6) is 0 Å². The van der Waals surface area contributed by atoms with Gasteiger partial charge in [-0.05, 0) is 78.8 Å². The first-order valence-corrected chi connectivity index (χ1v) is 10.8. The Labute approximate surface area is 176 Å². The Balaban J connectivity index is 2.02. The van der Waals surface area contributed by atoms with Gasteiger partial charge in [-0.2, -0.15) is 0 Å². The van der Waals surface area contributed by atoms with Gasteiger partial charge in [-0.15, -0.1) is 0 Å². The molecule has 29 heavy (non-hydrogen) atoms. The van der Waals surface area contributed by atoms with Crippen molar-refractivity contribution in [3.05, 3.63) is 83.4 Å². The molecule has 4 rings (SSSR count). The summed E-state index contributed by atoms with van der Waals surface area (Å²) in [6.45, 7) is 16.2. The zero-order chi connectivity index (χ0) is 21.0. The van der Waals surface area contributed by atoms with Crippen molar-refractivity contribution < 1.29 is 0 Å². The van der Waals surface area contributed by atoms with E-state index >= 15 is 0 Å². The molecule has 1 aliphatic rings. The summed E-state index contributed by atoms with van der Waals surface area (Å²) in [5.41, 5.74) is 9.63. The lowest BCUT2D eigenvalue weighted by Crippen LogP contribution is -2.38. The van der Waals surface area contributed by atoms with Crippen molar-refractivity contribution in [2.24, 2.45) is 0 Å². The van der Waals surface area contributed by atoms with Crippen molar-refractivity contribution in [3.8, 4) is 11.1 Å². The van der Waals surface area contributed by atoms with E-state index in [0.29, 0.717) is 5.92 Å². The summed E-state index contributed by atoms with van der Waals surface area (Å²) in [6.07, 6.45) is 0. The first kappa shape index (κ1) is 19.8. The monoisotopic (exact) mass is 383 g/mol. The number of benzene rings is 3. The largest absolute Gasteiger partial charge is 0.336 e. The molecule has 1 aliphatic carbocycles. The van der Waals surface area contributed by atoms with Crippen molar-refractivity contribution in [1.82, 2.24) is 0 Å². The molecule has 0 unspecified atom stereocenters. The van der Waals surface area contributed by atoms with Crippen molar-refractivity contribution in [2.45, 2.75) is 65.3 Å². The minimum absolute atomic E-state index is 0.0103. The van der Waals surface area contributed by atoms with Crippen molar-refractivity contribution >= 4 is 11.4 Å². The van der Waals surface area contributed by atoms with Gasteiger partial charge < -0.3 is 4.90 Å². The van der Waals surface area contributed by atoms with Crippen LogP contribution in [0, 0.1) is 0 Å². The summed E-state index contributed by atoms with van der Waals surface area (Å²) >= 11 is 0. The number of para-hydroxylation sites is 1. The fourth-order valence-corrected chi connectivity index (χ4v) is 4.87. The lowest BCUT2D eigenvalue weighted by molar-refractivity contribution is 0.556. The Bertz CT molecular complexity index is 1040. The third-order valence-corrected chi connectivity index (χ3v) is 6.28. The van der Waals surface area contributed by atoms with E-state index in [1.807, 2.05) is 0 Å². The molecule has 0 aromatic heterocycles. The van der Waals surface area contributed by atoms with Crippen molar-refractivity contribution in [3.63, 3.8) is 0 Å². The quantitative estimate of drug-likeness (QED) is 0.442. The molecule has 0 saturated heterocycles. The van der Waals surface area contributed by atoms with Gasteiger partial charge in [0.05, 0.1) is 0 Å². The summed E-state index contributed by atoms with van der Waals surface area (Å²) in [5.74, 6) is 0.444. The molecule has 1 heteroatoms. The predicted molar refractivity (Wildman–Crippen MR) is 126 cm³/mol. The highest BCUT2D eigenvalue weighted by Crippen LogP contribution is 2.52. The van der Waals surface area contributed by atoms with Gasteiger partial charge in [0, 0.05) is 22.3 Å². The van der Waals surface area contributed by atoms with Crippen LogP contribution in [-0.4, -0.2) is 5.54 Å². The molecule has 0 bridgehead atoms. The summed E-state index contributed by atoms with van der Waals surface area (Å²) in [4.78, 5) is 2.52. The third-order valence-electron chi connectivity index (χ3n) is 6.28. The van der Waals surface area contributed by atoms with E-state index in [4.69, 9.17) is 0 Å². The van der Waals surface area contributed by atoms with Crippen LogP contribution >= 0.6 is 0 Å². The van der Waals surface area contributed by atoms with Gasteiger partial charge in [0.1, 0.15) is 0 Å². The van der Waals surface area contributed by atoms with Gasteiger partial charge in [-0.1, -0.05) is 70.2 Å². The molecule has 150 valence electrons. The molecule has 3 aromatic carbocycles. The fraction of sp³-hybridized carbons (Fsp3) is 0.357. The number of fused-ring (bicyclic) bond motifs is 3. The number of hydrogen-bond acceptors (Lipinski definition) is 1. The molecule has 0 N–H and O–H groups in total. The SMILES string of the molecule is CC(C)c1cc2c(cc1N(c1ccccc1)C(C)(C)C)C(C)(C)c1ccccc1-2. The zero-order valence-corrected chi connectivity index (χ0v) is 18.9. The summed E-state index contributed by atoms with van der Waals surface area (Å²) in [6, 6.07) is 24.7. The summed E-state index contributed by atoms with van der Waals surface area (Å²) < 4.78 is 0. The first-order valence-electron chi connectivity index (χ1n) is 10.8.